The lowest BCUT2D eigenvalue weighted by Gasteiger charge is -2.07. The van der Waals surface area contributed by atoms with Crippen LogP contribution in [-0.4, -0.2) is 28.0 Å². The molecule has 2 aromatic heterocycles. The van der Waals surface area contributed by atoms with E-state index < -0.39 is 17.9 Å². The largest absolute Gasteiger partial charge is 0.480 e. The Kier molecular flexibility index (Phi) is 4.42. The number of thiazole rings is 1. The Hall–Kier alpha value is -1.44. The van der Waals surface area contributed by atoms with Crippen LogP contribution in [0.2, 0.25) is 4.34 Å². The van der Waals surface area contributed by atoms with Gasteiger partial charge in [0.1, 0.15) is 15.9 Å². The van der Waals surface area contributed by atoms with Gasteiger partial charge in [-0.05, 0) is 26.0 Å². The zero-order valence-electron chi connectivity index (χ0n) is 10.6. The molecule has 0 spiro atoms. The topological polar surface area (TPSA) is 79.3 Å². The molecular weight excluding hydrogens is 320 g/mol. The van der Waals surface area contributed by atoms with E-state index in [9.17, 15) is 9.59 Å². The quantitative estimate of drug-likeness (QED) is 0.903. The highest BCUT2D eigenvalue weighted by Gasteiger charge is 2.20. The maximum absolute atomic E-state index is 12.0. The fraction of sp³-hybridized carbons (Fsp3) is 0.250. The van der Waals surface area contributed by atoms with Crippen LogP contribution in [0.3, 0.4) is 0 Å². The van der Waals surface area contributed by atoms with Crippen LogP contribution in [0.15, 0.2) is 12.1 Å². The summed E-state index contributed by atoms with van der Waals surface area (Å²) in [6, 6.07) is 2.67. The Bertz CT molecular complexity index is 665. The average Bonchev–Trinajstić information content (AvgIpc) is 2.95. The first kappa shape index (κ1) is 15.0. The van der Waals surface area contributed by atoms with Crippen molar-refractivity contribution in [2.75, 3.05) is 0 Å². The molecule has 0 fully saturated rings. The van der Waals surface area contributed by atoms with Crippen molar-refractivity contribution in [1.29, 1.82) is 0 Å². The van der Waals surface area contributed by atoms with Crippen molar-refractivity contribution in [1.82, 2.24) is 10.3 Å². The van der Waals surface area contributed by atoms with Crippen LogP contribution in [0.1, 0.15) is 22.3 Å². The van der Waals surface area contributed by atoms with Gasteiger partial charge >= 0.3 is 5.97 Å². The third-order valence-corrected chi connectivity index (χ3v) is 5.06. The molecule has 2 heterocycles. The van der Waals surface area contributed by atoms with Crippen LogP contribution in [0.4, 0.5) is 0 Å². The number of aryl methyl sites for hydroxylation is 1. The van der Waals surface area contributed by atoms with Gasteiger partial charge in [-0.15, -0.1) is 22.7 Å². The van der Waals surface area contributed by atoms with Gasteiger partial charge in [0.25, 0.3) is 5.91 Å². The van der Waals surface area contributed by atoms with Crippen molar-refractivity contribution in [3.8, 4) is 9.88 Å². The number of carbonyl (C=O) groups is 2. The Morgan fingerprint density at radius 1 is 1.40 bits per heavy atom. The van der Waals surface area contributed by atoms with Crippen LogP contribution in [0, 0.1) is 6.92 Å². The van der Waals surface area contributed by atoms with E-state index >= 15 is 0 Å². The first-order valence-electron chi connectivity index (χ1n) is 5.65. The second-order valence-electron chi connectivity index (χ2n) is 4.07. The smallest absolute Gasteiger partial charge is 0.325 e. The lowest BCUT2D eigenvalue weighted by molar-refractivity contribution is -0.138. The van der Waals surface area contributed by atoms with Gasteiger partial charge in [0.05, 0.1) is 14.9 Å². The van der Waals surface area contributed by atoms with Crippen LogP contribution < -0.4 is 5.32 Å². The van der Waals surface area contributed by atoms with Crippen molar-refractivity contribution in [2.45, 2.75) is 19.9 Å². The number of carboxylic acids is 1. The van der Waals surface area contributed by atoms with E-state index in [1.807, 2.05) is 6.07 Å². The summed E-state index contributed by atoms with van der Waals surface area (Å²) >= 11 is 8.48. The second kappa shape index (κ2) is 5.90. The number of nitrogens with zero attached hydrogens (tertiary/aromatic N) is 1. The standard InChI is InChI=1S/C12H11ClN2O3S2/c1-5-9(10(16)14-6(2)12(17)18)20-11(15-5)7-3-4-8(13)19-7/h3-4,6H,1-2H3,(H,14,16)(H,17,18)/t6-/m0/s1. The molecule has 0 aliphatic rings. The van der Waals surface area contributed by atoms with E-state index in [4.69, 9.17) is 16.7 Å². The maximum atomic E-state index is 12.0. The number of hydrogen-bond donors (Lipinski definition) is 2. The fourth-order valence-electron chi connectivity index (χ4n) is 1.47. The Labute approximate surface area is 128 Å². The molecule has 1 atom stereocenters. The molecule has 0 saturated carbocycles. The second-order valence-corrected chi connectivity index (χ2v) is 6.78. The molecular formula is C12H11ClN2O3S2. The van der Waals surface area contributed by atoms with Crippen LogP contribution in [-0.2, 0) is 4.79 Å². The third kappa shape index (κ3) is 3.17. The molecule has 0 radical (unpaired) electrons. The van der Waals surface area contributed by atoms with Crippen molar-refractivity contribution in [3.05, 3.63) is 27.0 Å². The minimum Gasteiger partial charge on any atom is -0.480 e. The van der Waals surface area contributed by atoms with Gasteiger partial charge in [-0.1, -0.05) is 11.6 Å². The number of aromatic nitrogens is 1. The lowest BCUT2D eigenvalue weighted by Crippen LogP contribution is -2.38. The van der Waals surface area contributed by atoms with Gasteiger partial charge < -0.3 is 10.4 Å². The molecule has 2 N–H and O–H groups in total. The minimum absolute atomic E-state index is 0.414. The summed E-state index contributed by atoms with van der Waals surface area (Å²) in [5.74, 6) is -1.51. The summed E-state index contributed by atoms with van der Waals surface area (Å²) in [4.78, 5) is 28.4. The zero-order chi connectivity index (χ0) is 14.9. The molecule has 1 amide bonds. The molecule has 0 aliphatic carbocycles. The van der Waals surface area contributed by atoms with Gasteiger partial charge in [0.15, 0.2) is 0 Å². The molecule has 2 aromatic rings. The molecule has 0 aromatic carbocycles. The van der Waals surface area contributed by atoms with E-state index in [2.05, 4.69) is 10.3 Å². The van der Waals surface area contributed by atoms with Gasteiger partial charge in [-0.25, -0.2) is 4.98 Å². The summed E-state index contributed by atoms with van der Waals surface area (Å²) < 4.78 is 0.651. The van der Waals surface area contributed by atoms with Crippen molar-refractivity contribution >= 4 is 46.2 Å². The average molecular weight is 331 g/mol. The lowest BCUT2D eigenvalue weighted by atomic mass is 10.3. The van der Waals surface area contributed by atoms with Gasteiger partial charge in [-0.2, -0.15) is 0 Å². The van der Waals surface area contributed by atoms with E-state index in [0.29, 0.717) is 19.9 Å². The predicted octanol–water partition coefficient (Wildman–Crippen LogP) is 3.04. The molecule has 0 bridgehead atoms. The molecule has 106 valence electrons. The van der Waals surface area contributed by atoms with E-state index in [1.165, 1.54) is 29.6 Å². The number of hydrogen-bond acceptors (Lipinski definition) is 5. The van der Waals surface area contributed by atoms with Gasteiger partial charge in [0, 0.05) is 0 Å². The minimum atomic E-state index is -1.08. The molecule has 0 saturated heterocycles. The molecule has 0 unspecified atom stereocenters. The van der Waals surface area contributed by atoms with Crippen LogP contribution in [0.25, 0.3) is 9.88 Å². The normalized spacial score (nSPS) is 12.2. The van der Waals surface area contributed by atoms with Crippen LogP contribution in [0.5, 0.6) is 0 Å². The number of carboxylic acid groups (broad SMARTS) is 1. The molecule has 8 heteroatoms. The molecule has 5 nitrogen and oxygen atoms in total. The van der Waals surface area contributed by atoms with E-state index in [1.54, 1.807) is 13.0 Å². The van der Waals surface area contributed by atoms with Crippen molar-refractivity contribution < 1.29 is 14.7 Å². The monoisotopic (exact) mass is 330 g/mol. The highest BCUT2D eigenvalue weighted by molar-refractivity contribution is 7.24. The Morgan fingerprint density at radius 3 is 2.65 bits per heavy atom. The first-order valence-corrected chi connectivity index (χ1v) is 7.66. The number of thiophene rings is 1. The Morgan fingerprint density at radius 2 is 2.10 bits per heavy atom. The number of nitrogens with one attached hydrogen (secondary N) is 1. The Balaban J connectivity index is 2.23. The summed E-state index contributed by atoms with van der Waals surface area (Å²) in [6.07, 6.45) is 0. The highest BCUT2D eigenvalue weighted by Crippen LogP contribution is 2.34. The number of aliphatic carboxylic acids is 1. The summed E-state index contributed by atoms with van der Waals surface area (Å²) in [5.41, 5.74) is 0.574. The summed E-state index contributed by atoms with van der Waals surface area (Å²) in [7, 11) is 0. The first-order chi connectivity index (χ1) is 9.38. The van der Waals surface area contributed by atoms with Gasteiger partial charge in [0.2, 0.25) is 0 Å². The number of rotatable bonds is 4. The fourth-order valence-corrected chi connectivity index (χ4v) is 3.53. The third-order valence-electron chi connectivity index (χ3n) is 2.50. The van der Waals surface area contributed by atoms with E-state index in [0.717, 1.165) is 4.88 Å². The molecule has 0 aliphatic heterocycles. The number of halogens is 1. The van der Waals surface area contributed by atoms with Gasteiger partial charge in [-0.3, -0.25) is 9.59 Å². The number of amides is 1. The highest BCUT2D eigenvalue weighted by atomic mass is 35.5. The summed E-state index contributed by atoms with van der Waals surface area (Å²) in [5, 5.41) is 11.9. The van der Waals surface area contributed by atoms with Crippen LogP contribution >= 0.6 is 34.3 Å². The zero-order valence-corrected chi connectivity index (χ0v) is 13.0. The van der Waals surface area contributed by atoms with E-state index in [-0.39, 0.29) is 0 Å². The van der Waals surface area contributed by atoms with Crippen molar-refractivity contribution in [2.24, 2.45) is 0 Å². The SMILES string of the molecule is Cc1nc(-c2ccc(Cl)s2)sc1C(=O)N[C@@H](C)C(=O)O. The predicted molar refractivity (Wildman–Crippen MR) is 79.7 cm³/mol. The molecule has 2 rings (SSSR count). The maximum Gasteiger partial charge on any atom is 0.325 e. The summed E-state index contributed by atoms with van der Waals surface area (Å²) in [6.45, 7) is 3.13. The molecule has 20 heavy (non-hydrogen) atoms. The number of carbonyl (C=O) groups excluding carboxylic acids is 1. The van der Waals surface area contributed by atoms with Crippen molar-refractivity contribution in [3.63, 3.8) is 0 Å².